The summed E-state index contributed by atoms with van der Waals surface area (Å²) in [6.45, 7) is 0. The summed E-state index contributed by atoms with van der Waals surface area (Å²) in [5.41, 5.74) is 0.537. The second kappa shape index (κ2) is 2.48. The van der Waals surface area contributed by atoms with Gasteiger partial charge in [0.25, 0.3) is 10.3 Å². The second-order valence-corrected chi connectivity index (χ2v) is 2.77. The largest absolute Gasteiger partial charge is 0.458 e. The minimum absolute atomic E-state index is 0.460. The fraction of sp³-hybridized carbons (Fsp3) is 0.400. The molecule has 0 aliphatic rings. The van der Waals surface area contributed by atoms with E-state index in [2.05, 4.69) is 0 Å². The first-order chi connectivity index (χ1) is 4.55. The minimum Gasteiger partial charge on any atom is -0.458 e. The van der Waals surface area contributed by atoms with E-state index in [1.165, 1.54) is 0 Å². The first-order valence-corrected chi connectivity index (χ1v) is 3.46. The zero-order valence-electron chi connectivity index (χ0n) is 5.73. The van der Waals surface area contributed by atoms with E-state index in [1.807, 2.05) is 0 Å². The van der Waals surface area contributed by atoms with Gasteiger partial charge in [-0.05, 0) is 28.9 Å². The van der Waals surface area contributed by atoms with Gasteiger partial charge in [-0.15, -0.1) is 0 Å². The number of hydrogen-bond donors (Lipinski definition) is 0. The number of hydrogen-bond acceptors (Lipinski definition) is 0. The monoisotopic (exact) mass is 175 g/mol. The Kier molecular flexibility index (Phi) is 1.97. The number of aromatic nitrogens is 2. The lowest BCUT2D eigenvalue weighted by molar-refractivity contribution is -0.650. The van der Waals surface area contributed by atoms with Crippen LogP contribution < -0.4 is 10.3 Å². The Morgan fingerprint density at radius 2 is 2.00 bits per heavy atom. The lowest BCUT2D eigenvalue weighted by Gasteiger charge is -2.01. The highest BCUT2D eigenvalue weighted by Gasteiger charge is 2.12. The maximum Gasteiger partial charge on any atom is 0.251 e. The van der Waals surface area contributed by atoms with Gasteiger partial charge in [0.2, 0.25) is 0 Å². The Hall–Kier alpha value is -0.145. The van der Waals surface area contributed by atoms with Crippen LogP contribution in [-0.4, -0.2) is 12.4 Å². The smallest absolute Gasteiger partial charge is 0.251 e. The van der Waals surface area contributed by atoms with Crippen molar-refractivity contribution < 1.29 is 4.57 Å². The predicted molar refractivity (Wildman–Crippen MR) is 42.0 cm³/mol. The van der Waals surface area contributed by atoms with Gasteiger partial charge < -0.3 is 7.85 Å². The van der Waals surface area contributed by atoms with Crippen LogP contribution in [0.15, 0.2) is 0 Å². The summed E-state index contributed by atoms with van der Waals surface area (Å²) in [5, 5.41) is 0.920. The summed E-state index contributed by atoms with van der Waals surface area (Å²) >= 11 is 11.5. The molecular formula is C5H6BCl2N2. The van der Waals surface area contributed by atoms with Crippen molar-refractivity contribution in [1.29, 1.82) is 0 Å². The van der Waals surface area contributed by atoms with Crippen LogP contribution in [0.25, 0.3) is 0 Å². The molecule has 0 N–H and O–H groups in total. The number of imidazole rings is 1. The molecule has 1 rings (SSSR count). The number of rotatable bonds is 0. The van der Waals surface area contributed by atoms with Crippen molar-refractivity contribution in [2.45, 2.75) is 0 Å². The van der Waals surface area contributed by atoms with Crippen molar-refractivity contribution >= 4 is 36.8 Å². The van der Waals surface area contributed by atoms with Gasteiger partial charge in [0.05, 0.1) is 14.1 Å². The molecule has 0 fully saturated rings. The quantitative estimate of drug-likeness (QED) is 0.387. The first kappa shape index (κ1) is 7.96. The number of halogens is 2. The minimum atomic E-state index is 0.460. The van der Waals surface area contributed by atoms with Crippen LogP contribution in [0.1, 0.15) is 0 Å². The molecule has 10 heavy (non-hydrogen) atoms. The molecule has 0 saturated heterocycles. The van der Waals surface area contributed by atoms with Gasteiger partial charge in [0, 0.05) is 0 Å². The van der Waals surface area contributed by atoms with Crippen LogP contribution in [0, 0.1) is 0 Å². The molecule has 3 radical (unpaired) electrons. The fourth-order valence-corrected chi connectivity index (χ4v) is 1.13. The summed E-state index contributed by atoms with van der Waals surface area (Å²) in [7, 11) is 9.07. The predicted octanol–water partition coefficient (Wildman–Crippen LogP) is -0.0498. The third kappa shape index (κ3) is 0.936. The van der Waals surface area contributed by atoms with Crippen LogP contribution >= 0.6 is 23.2 Å². The molecular weight excluding hydrogens is 170 g/mol. The molecule has 53 valence electrons. The molecule has 0 aromatic carbocycles. The van der Waals surface area contributed by atoms with Gasteiger partial charge in [0.15, 0.2) is 0 Å². The van der Waals surface area contributed by atoms with Crippen molar-refractivity contribution in [2.75, 3.05) is 0 Å². The zero-order chi connectivity index (χ0) is 7.89. The van der Waals surface area contributed by atoms with Gasteiger partial charge >= 0.3 is 0 Å². The summed E-state index contributed by atoms with van der Waals surface area (Å²) in [4.78, 5) is 0. The summed E-state index contributed by atoms with van der Waals surface area (Å²) < 4.78 is 3.23. The SMILES string of the molecule is [B-]c1n(C)c(Cl)c(Cl)[n+]1C. The molecule has 0 amide bonds. The zero-order valence-corrected chi connectivity index (χ0v) is 7.24. The van der Waals surface area contributed by atoms with Gasteiger partial charge in [-0.1, -0.05) is 0 Å². The van der Waals surface area contributed by atoms with Gasteiger partial charge in [-0.25, -0.2) is 0 Å². The van der Waals surface area contributed by atoms with Gasteiger partial charge in [-0.2, -0.15) is 0 Å². The van der Waals surface area contributed by atoms with Gasteiger partial charge in [0.1, 0.15) is 0 Å². The molecule has 0 bridgehead atoms. The number of nitrogens with zero attached hydrogens (tertiary/aromatic N) is 2. The second-order valence-electron chi connectivity index (χ2n) is 2.06. The molecule has 0 aliphatic heterocycles. The Morgan fingerprint density at radius 3 is 2.10 bits per heavy atom. The summed E-state index contributed by atoms with van der Waals surface area (Å²) in [6, 6.07) is 0. The Labute approximate surface area is 70.8 Å². The highest BCUT2D eigenvalue weighted by atomic mass is 35.5. The van der Waals surface area contributed by atoms with Crippen LogP contribution in [-0.2, 0) is 14.1 Å². The molecule has 0 spiro atoms. The molecule has 0 saturated carbocycles. The van der Waals surface area contributed by atoms with Crippen LogP contribution in [0.4, 0.5) is 0 Å². The van der Waals surface area contributed by atoms with E-state index >= 15 is 0 Å². The van der Waals surface area contributed by atoms with Crippen molar-refractivity contribution in [1.82, 2.24) is 4.57 Å². The van der Waals surface area contributed by atoms with Crippen LogP contribution in [0.2, 0.25) is 10.3 Å². The fourth-order valence-electron chi connectivity index (χ4n) is 0.703. The van der Waals surface area contributed by atoms with Crippen molar-refractivity contribution in [2.24, 2.45) is 14.1 Å². The Bertz CT molecular complexity index is 189. The Balaban J connectivity index is 3.44. The highest BCUT2D eigenvalue weighted by molar-refractivity contribution is 6.41. The molecule has 0 atom stereocenters. The lowest BCUT2D eigenvalue weighted by atomic mass is 10.1. The molecule has 1 heterocycles. The van der Waals surface area contributed by atoms with E-state index in [1.54, 1.807) is 23.2 Å². The Morgan fingerprint density at radius 1 is 1.50 bits per heavy atom. The molecule has 2 nitrogen and oxygen atoms in total. The molecule has 5 heteroatoms. The average molecular weight is 176 g/mol. The summed E-state index contributed by atoms with van der Waals surface area (Å²) in [5.74, 6) is 0. The van der Waals surface area contributed by atoms with E-state index in [9.17, 15) is 0 Å². The third-order valence-corrected chi connectivity index (χ3v) is 2.41. The molecule has 0 aliphatic carbocycles. The maximum absolute atomic E-state index is 5.73. The third-order valence-electron chi connectivity index (χ3n) is 1.45. The standard InChI is InChI=1S/C5H6BCl2N2/c1-9-3(7)4(8)10(2)5(9)6/h1-2H3. The van der Waals surface area contributed by atoms with Crippen molar-refractivity contribution in [3.05, 3.63) is 10.3 Å². The van der Waals surface area contributed by atoms with E-state index in [4.69, 9.17) is 31.0 Å². The molecule has 1 aromatic heterocycles. The van der Waals surface area contributed by atoms with Crippen LogP contribution in [0.3, 0.4) is 0 Å². The average Bonchev–Trinajstić information content (AvgIpc) is 2.07. The topological polar surface area (TPSA) is 8.81 Å². The van der Waals surface area contributed by atoms with Gasteiger partial charge in [-0.3, -0.25) is 9.13 Å². The van der Waals surface area contributed by atoms with Crippen LogP contribution in [0.5, 0.6) is 0 Å². The van der Waals surface area contributed by atoms with Crippen molar-refractivity contribution in [3.63, 3.8) is 0 Å². The molecule has 0 unspecified atom stereocenters. The van der Waals surface area contributed by atoms with E-state index in [0.717, 1.165) is 0 Å². The normalized spacial score (nSPS) is 10.5. The lowest BCUT2D eigenvalue weighted by Crippen LogP contribution is -2.46. The summed E-state index contributed by atoms with van der Waals surface area (Å²) in [6.07, 6.45) is 0. The van der Waals surface area contributed by atoms with E-state index in [-0.39, 0.29) is 0 Å². The van der Waals surface area contributed by atoms with Crippen molar-refractivity contribution in [3.8, 4) is 0 Å². The maximum atomic E-state index is 5.73. The van der Waals surface area contributed by atoms with E-state index < -0.39 is 0 Å². The molecule has 1 aromatic rings. The van der Waals surface area contributed by atoms with E-state index in [0.29, 0.717) is 16.0 Å². The highest BCUT2D eigenvalue weighted by Crippen LogP contribution is 2.14. The first-order valence-electron chi connectivity index (χ1n) is 2.71.